The summed E-state index contributed by atoms with van der Waals surface area (Å²) < 4.78 is 18.7. The van der Waals surface area contributed by atoms with Gasteiger partial charge in [-0.15, -0.1) is 0 Å². The van der Waals surface area contributed by atoms with Crippen LogP contribution in [0.4, 0.5) is 4.39 Å². The molecule has 0 bridgehead atoms. The van der Waals surface area contributed by atoms with E-state index < -0.39 is 0 Å². The van der Waals surface area contributed by atoms with E-state index in [0.717, 1.165) is 24.0 Å². The number of benzene rings is 1. The Morgan fingerprint density at radius 2 is 2.21 bits per heavy atom. The lowest BCUT2D eigenvalue weighted by atomic mass is 9.82. The summed E-state index contributed by atoms with van der Waals surface area (Å²) in [6.07, 6.45) is 3.20. The summed E-state index contributed by atoms with van der Waals surface area (Å²) in [7, 11) is 0. The van der Waals surface area contributed by atoms with E-state index in [4.69, 9.17) is 4.74 Å². The number of hydrogen-bond acceptors (Lipinski definition) is 2. The maximum atomic E-state index is 13.1. The second kappa shape index (κ2) is 5.70. The summed E-state index contributed by atoms with van der Waals surface area (Å²) in [4.78, 5) is 11.7. The zero-order valence-electron chi connectivity index (χ0n) is 11.5. The largest absolute Gasteiger partial charge is 0.365 e. The summed E-state index contributed by atoms with van der Waals surface area (Å²) in [5.41, 5.74) is 1.64. The van der Waals surface area contributed by atoms with Crippen LogP contribution >= 0.6 is 0 Å². The van der Waals surface area contributed by atoms with Gasteiger partial charge in [0.25, 0.3) is 0 Å². The van der Waals surface area contributed by atoms with E-state index in [9.17, 15) is 9.18 Å². The second-order valence-electron chi connectivity index (χ2n) is 5.44. The SMILES string of the molecule is Cc1ccc(F)cc1CNC(=O)COC1(C)CCC1. The summed E-state index contributed by atoms with van der Waals surface area (Å²) in [5.74, 6) is -0.440. The van der Waals surface area contributed by atoms with Gasteiger partial charge in [0.1, 0.15) is 12.4 Å². The van der Waals surface area contributed by atoms with Gasteiger partial charge in [0.05, 0.1) is 5.60 Å². The Balaban J connectivity index is 1.78. The molecular weight excluding hydrogens is 245 g/mol. The first-order valence-electron chi connectivity index (χ1n) is 6.64. The normalized spacial score (nSPS) is 16.8. The lowest BCUT2D eigenvalue weighted by Gasteiger charge is -2.37. The first-order valence-corrected chi connectivity index (χ1v) is 6.64. The molecule has 4 heteroatoms. The molecule has 2 rings (SSSR count). The standard InChI is InChI=1S/C15H20FNO2/c1-11-4-5-13(16)8-12(11)9-17-14(18)10-19-15(2)6-3-7-15/h4-5,8H,3,6-7,9-10H2,1-2H3,(H,17,18). The Kier molecular flexibility index (Phi) is 4.20. The van der Waals surface area contributed by atoms with Gasteiger partial charge in [0.15, 0.2) is 0 Å². The molecule has 0 aromatic heterocycles. The van der Waals surface area contributed by atoms with Crippen LogP contribution < -0.4 is 5.32 Å². The van der Waals surface area contributed by atoms with Crippen LogP contribution in [0.2, 0.25) is 0 Å². The first-order chi connectivity index (χ1) is 8.98. The molecule has 104 valence electrons. The van der Waals surface area contributed by atoms with Crippen molar-refractivity contribution in [2.45, 2.75) is 45.3 Å². The minimum atomic E-state index is -0.284. The van der Waals surface area contributed by atoms with Gasteiger partial charge in [0, 0.05) is 6.54 Å². The molecule has 1 aliphatic rings. The fraction of sp³-hybridized carbons (Fsp3) is 0.533. The van der Waals surface area contributed by atoms with Crippen molar-refractivity contribution in [3.8, 4) is 0 Å². The maximum absolute atomic E-state index is 13.1. The Hall–Kier alpha value is -1.42. The quantitative estimate of drug-likeness (QED) is 0.889. The topological polar surface area (TPSA) is 38.3 Å². The summed E-state index contributed by atoms with van der Waals surface area (Å²) >= 11 is 0. The van der Waals surface area contributed by atoms with E-state index in [0.29, 0.717) is 6.54 Å². The molecule has 0 spiro atoms. The van der Waals surface area contributed by atoms with E-state index in [1.54, 1.807) is 6.07 Å². The number of nitrogens with one attached hydrogen (secondary N) is 1. The van der Waals surface area contributed by atoms with Crippen LogP contribution in [0.3, 0.4) is 0 Å². The molecule has 0 atom stereocenters. The number of rotatable bonds is 5. The molecule has 0 saturated heterocycles. The highest BCUT2D eigenvalue weighted by Crippen LogP contribution is 2.34. The van der Waals surface area contributed by atoms with Gasteiger partial charge in [-0.2, -0.15) is 0 Å². The number of carbonyl (C=O) groups excluding carboxylic acids is 1. The van der Waals surface area contributed by atoms with Crippen molar-refractivity contribution in [1.82, 2.24) is 5.32 Å². The molecular formula is C15H20FNO2. The monoisotopic (exact) mass is 265 g/mol. The number of hydrogen-bond donors (Lipinski definition) is 1. The van der Waals surface area contributed by atoms with E-state index >= 15 is 0 Å². The fourth-order valence-electron chi connectivity index (χ4n) is 2.13. The van der Waals surface area contributed by atoms with Crippen LogP contribution in [0.1, 0.15) is 37.3 Å². The van der Waals surface area contributed by atoms with E-state index in [-0.39, 0.29) is 23.9 Å². The summed E-state index contributed by atoms with van der Waals surface area (Å²) in [5, 5.41) is 2.76. The van der Waals surface area contributed by atoms with Crippen LogP contribution in [-0.2, 0) is 16.1 Å². The molecule has 1 aromatic carbocycles. The molecule has 0 heterocycles. The third kappa shape index (κ3) is 3.77. The molecule has 0 unspecified atom stereocenters. The highest BCUT2D eigenvalue weighted by atomic mass is 19.1. The highest BCUT2D eigenvalue weighted by molar-refractivity contribution is 5.77. The molecule has 1 saturated carbocycles. The van der Waals surface area contributed by atoms with Crippen molar-refractivity contribution in [3.63, 3.8) is 0 Å². The molecule has 1 N–H and O–H groups in total. The number of aryl methyl sites for hydroxylation is 1. The summed E-state index contributed by atoms with van der Waals surface area (Å²) in [6, 6.07) is 4.58. The van der Waals surface area contributed by atoms with Crippen LogP contribution in [0.25, 0.3) is 0 Å². The van der Waals surface area contributed by atoms with Crippen LogP contribution in [-0.4, -0.2) is 18.1 Å². The van der Waals surface area contributed by atoms with Gasteiger partial charge in [-0.25, -0.2) is 4.39 Å². The molecule has 3 nitrogen and oxygen atoms in total. The fourth-order valence-corrected chi connectivity index (χ4v) is 2.13. The smallest absolute Gasteiger partial charge is 0.246 e. The molecule has 1 fully saturated rings. The van der Waals surface area contributed by atoms with Crippen LogP contribution in [0.15, 0.2) is 18.2 Å². The van der Waals surface area contributed by atoms with Crippen molar-refractivity contribution < 1.29 is 13.9 Å². The third-order valence-electron chi connectivity index (χ3n) is 3.75. The van der Waals surface area contributed by atoms with Gasteiger partial charge in [-0.1, -0.05) is 6.07 Å². The van der Waals surface area contributed by atoms with E-state index in [1.807, 2.05) is 13.8 Å². The predicted molar refractivity (Wildman–Crippen MR) is 71.2 cm³/mol. The molecule has 1 aromatic rings. The Morgan fingerprint density at radius 1 is 1.47 bits per heavy atom. The van der Waals surface area contributed by atoms with Crippen molar-refractivity contribution in [1.29, 1.82) is 0 Å². The molecule has 1 amide bonds. The Labute approximate surface area is 113 Å². The van der Waals surface area contributed by atoms with Crippen LogP contribution in [0, 0.1) is 12.7 Å². The molecule has 1 aliphatic carbocycles. The van der Waals surface area contributed by atoms with Gasteiger partial charge in [-0.05, 0) is 56.4 Å². The number of carbonyl (C=O) groups is 1. The van der Waals surface area contributed by atoms with Crippen LogP contribution in [0.5, 0.6) is 0 Å². The van der Waals surface area contributed by atoms with E-state index in [1.165, 1.54) is 18.6 Å². The molecule has 19 heavy (non-hydrogen) atoms. The first kappa shape index (κ1) is 14.0. The van der Waals surface area contributed by atoms with Gasteiger partial charge < -0.3 is 10.1 Å². The van der Waals surface area contributed by atoms with Gasteiger partial charge in [-0.3, -0.25) is 4.79 Å². The third-order valence-corrected chi connectivity index (χ3v) is 3.75. The van der Waals surface area contributed by atoms with Gasteiger partial charge >= 0.3 is 0 Å². The predicted octanol–water partition coefficient (Wildman–Crippen LogP) is 2.71. The maximum Gasteiger partial charge on any atom is 0.246 e. The zero-order chi connectivity index (χ0) is 13.9. The lowest BCUT2D eigenvalue weighted by Crippen LogP contribution is -2.40. The van der Waals surface area contributed by atoms with Crippen molar-refractivity contribution >= 4 is 5.91 Å². The minimum absolute atomic E-state index is 0.0743. The Morgan fingerprint density at radius 3 is 2.84 bits per heavy atom. The Bertz CT molecular complexity index is 469. The number of ether oxygens (including phenoxy) is 1. The minimum Gasteiger partial charge on any atom is -0.365 e. The average molecular weight is 265 g/mol. The van der Waals surface area contributed by atoms with Crippen molar-refractivity contribution in [3.05, 3.63) is 35.1 Å². The van der Waals surface area contributed by atoms with Gasteiger partial charge in [0.2, 0.25) is 5.91 Å². The molecule has 0 radical (unpaired) electrons. The number of halogens is 1. The molecule has 0 aliphatic heterocycles. The zero-order valence-corrected chi connectivity index (χ0v) is 11.5. The highest BCUT2D eigenvalue weighted by Gasteiger charge is 2.33. The lowest BCUT2D eigenvalue weighted by molar-refractivity contribution is -0.139. The van der Waals surface area contributed by atoms with Crippen molar-refractivity contribution in [2.75, 3.05) is 6.61 Å². The van der Waals surface area contributed by atoms with Crippen molar-refractivity contribution in [2.24, 2.45) is 0 Å². The number of amides is 1. The summed E-state index contributed by atoms with van der Waals surface area (Å²) in [6.45, 7) is 4.33. The van der Waals surface area contributed by atoms with E-state index in [2.05, 4.69) is 5.32 Å². The average Bonchev–Trinajstić information content (AvgIpc) is 2.35. The second-order valence-corrected chi connectivity index (χ2v) is 5.44.